The monoisotopic (exact) mass is 355 g/mol. The van der Waals surface area contributed by atoms with E-state index in [1.54, 1.807) is 42.5 Å². The van der Waals surface area contributed by atoms with Gasteiger partial charge < -0.3 is 19.5 Å². The van der Waals surface area contributed by atoms with Gasteiger partial charge >= 0.3 is 5.97 Å². The predicted octanol–water partition coefficient (Wildman–Crippen LogP) is 2.61. The lowest BCUT2D eigenvalue weighted by Crippen LogP contribution is -2.34. The summed E-state index contributed by atoms with van der Waals surface area (Å²) in [5.74, 6) is 0.931. The molecule has 1 aliphatic heterocycles. The normalized spacial score (nSPS) is 14.9. The van der Waals surface area contributed by atoms with Gasteiger partial charge in [-0.25, -0.2) is 4.79 Å². The molecule has 2 aromatic carbocycles. The molecule has 26 heavy (non-hydrogen) atoms. The Kier molecular flexibility index (Phi) is 5.41. The minimum Gasteiger partial charge on any atom is -0.494 e. The van der Waals surface area contributed by atoms with E-state index >= 15 is 0 Å². The number of fused-ring (bicyclic) bond motifs is 1. The van der Waals surface area contributed by atoms with E-state index in [1.807, 2.05) is 6.92 Å². The van der Waals surface area contributed by atoms with Crippen molar-refractivity contribution in [2.45, 2.75) is 19.4 Å². The average Bonchev–Trinajstić information content (AvgIpc) is 3.08. The van der Waals surface area contributed by atoms with Crippen LogP contribution in [0.5, 0.6) is 11.5 Å². The highest BCUT2D eigenvalue weighted by Crippen LogP contribution is 2.29. The largest absolute Gasteiger partial charge is 0.494 e. The molecule has 1 aliphatic rings. The summed E-state index contributed by atoms with van der Waals surface area (Å²) in [7, 11) is 1.35. The van der Waals surface area contributed by atoms with Crippen LogP contribution in [0.25, 0.3) is 0 Å². The summed E-state index contributed by atoms with van der Waals surface area (Å²) in [6.07, 6.45) is 0.466. The minimum absolute atomic E-state index is 0.162. The van der Waals surface area contributed by atoms with Crippen LogP contribution in [0.4, 0.5) is 0 Å². The first-order valence-electron chi connectivity index (χ1n) is 8.49. The van der Waals surface area contributed by atoms with E-state index in [2.05, 4.69) is 5.32 Å². The van der Waals surface area contributed by atoms with Gasteiger partial charge in [-0.05, 0) is 55.0 Å². The fraction of sp³-hybridized carbons (Fsp3) is 0.300. The van der Waals surface area contributed by atoms with E-state index < -0.39 is 0 Å². The molecule has 1 atom stereocenters. The SMILES string of the molecule is CCOc1ccc(C(=O)NCC2Cc3cc(C(=O)OC)ccc3O2)cc1. The lowest BCUT2D eigenvalue weighted by Gasteiger charge is -2.12. The van der Waals surface area contributed by atoms with E-state index in [4.69, 9.17) is 14.2 Å². The Labute approximate surface area is 152 Å². The number of ether oxygens (including phenoxy) is 3. The zero-order valence-corrected chi connectivity index (χ0v) is 14.8. The van der Waals surface area contributed by atoms with Gasteiger partial charge in [-0.3, -0.25) is 4.79 Å². The van der Waals surface area contributed by atoms with Crippen LogP contribution in [0, 0.1) is 0 Å². The van der Waals surface area contributed by atoms with Crippen LogP contribution in [-0.2, 0) is 11.2 Å². The highest BCUT2D eigenvalue weighted by atomic mass is 16.5. The summed E-state index contributed by atoms with van der Waals surface area (Å²) in [6, 6.07) is 12.2. The molecule has 3 rings (SSSR count). The summed E-state index contributed by atoms with van der Waals surface area (Å²) < 4.78 is 15.9. The Morgan fingerprint density at radius 3 is 2.58 bits per heavy atom. The molecule has 0 saturated carbocycles. The maximum Gasteiger partial charge on any atom is 0.337 e. The topological polar surface area (TPSA) is 73.9 Å². The average molecular weight is 355 g/mol. The van der Waals surface area contributed by atoms with E-state index in [9.17, 15) is 9.59 Å². The van der Waals surface area contributed by atoms with E-state index in [0.29, 0.717) is 30.7 Å². The first kappa shape index (κ1) is 17.8. The van der Waals surface area contributed by atoms with Crippen molar-refractivity contribution >= 4 is 11.9 Å². The van der Waals surface area contributed by atoms with E-state index in [0.717, 1.165) is 17.1 Å². The van der Waals surface area contributed by atoms with Crippen molar-refractivity contribution in [3.05, 3.63) is 59.2 Å². The van der Waals surface area contributed by atoms with Gasteiger partial charge in [0.05, 0.1) is 25.8 Å². The minimum atomic E-state index is -0.375. The second-order valence-electron chi connectivity index (χ2n) is 5.93. The molecule has 6 nitrogen and oxygen atoms in total. The number of methoxy groups -OCH3 is 1. The zero-order valence-electron chi connectivity index (χ0n) is 14.8. The number of rotatable bonds is 6. The van der Waals surface area contributed by atoms with Crippen LogP contribution in [-0.4, -0.2) is 38.2 Å². The molecule has 0 fully saturated rings. The van der Waals surface area contributed by atoms with Gasteiger partial charge in [0.25, 0.3) is 5.91 Å². The summed E-state index contributed by atoms with van der Waals surface area (Å²) in [5.41, 5.74) is 2.00. The standard InChI is InChI=1S/C20H21NO5/c1-3-25-16-7-4-13(5-8-16)19(22)21-12-17-11-15-10-14(20(23)24-2)6-9-18(15)26-17/h4-10,17H,3,11-12H2,1-2H3,(H,21,22). The maximum atomic E-state index is 12.3. The molecule has 0 radical (unpaired) electrons. The molecular formula is C20H21NO5. The number of nitrogens with one attached hydrogen (secondary N) is 1. The molecule has 0 spiro atoms. The first-order chi connectivity index (χ1) is 12.6. The zero-order chi connectivity index (χ0) is 18.5. The van der Waals surface area contributed by atoms with Gasteiger partial charge in [0, 0.05) is 12.0 Å². The lowest BCUT2D eigenvalue weighted by atomic mass is 10.1. The number of carbonyl (C=O) groups excluding carboxylic acids is 2. The third kappa shape index (κ3) is 3.96. The molecule has 136 valence electrons. The Morgan fingerprint density at radius 1 is 1.15 bits per heavy atom. The van der Waals surface area contributed by atoms with Gasteiger partial charge in [-0.15, -0.1) is 0 Å². The smallest absolute Gasteiger partial charge is 0.337 e. The van der Waals surface area contributed by atoms with Crippen LogP contribution in [0.15, 0.2) is 42.5 Å². The number of carbonyl (C=O) groups is 2. The Bertz CT molecular complexity index is 800. The highest BCUT2D eigenvalue weighted by molar-refractivity contribution is 5.94. The van der Waals surface area contributed by atoms with Crippen molar-refractivity contribution in [1.82, 2.24) is 5.32 Å². The third-order valence-corrected chi connectivity index (χ3v) is 4.14. The molecule has 1 amide bonds. The van der Waals surface area contributed by atoms with Crippen molar-refractivity contribution < 1.29 is 23.8 Å². The molecule has 2 aromatic rings. The van der Waals surface area contributed by atoms with E-state index in [1.165, 1.54) is 7.11 Å². The van der Waals surface area contributed by atoms with E-state index in [-0.39, 0.29) is 18.0 Å². The highest BCUT2D eigenvalue weighted by Gasteiger charge is 2.24. The molecule has 1 unspecified atom stereocenters. The molecule has 1 N–H and O–H groups in total. The molecule has 0 saturated heterocycles. The molecule has 0 bridgehead atoms. The number of esters is 1. The Morgan fingerprint density at radius 2 is 1.88 bits per heavy atom. The quantitative estimate of drug-likeness (QED) is 0.807. The second-order valence-corrected chi connectivity index (χ2v) is 5.93. The number of hydrogen-bond acceptors (Lipinski definition) is 5. The van der Waals surface area contributed by atoms with Gasteiger partial charge in [0.1, 0.15) is 17.6 Å². The van der Waals surface area contributed by atoms with Crippen LogP contribution in [0.2, 0.25) is 0 Å². The van der Waals surface area contributed by atoms with Crippen molar-refractivity contribution in [2.75, 3.05) is 20.3 Å². The summed E-state index contributed by atoms with van der Waals surface area (Å²) in [6.45, 7) is 2.88. The molecular weight excluding hydrogens is 334 g/mol. The van der Waals surface area contributed by atoms with Crippen molar-refractivity contribution in [3.63, 3.8) is 0 Å². The number of amides is 1. The van der Waals surface area contributed by atoms with Gasteiger partial charge in [0.15, 0.2) is 0 Å². The Hall–Kier alpha value is -3.02. The van der Waals surface area contributed by atoms with Gasteiger partial charge in [0.2, 0.25) is 0 Å². The fourth-order valence-corrected chi connectivity index (χ4v) is 2.86. The van der Waals surface area contributed by atoms with Crippen LogP contribution in [0.1, 0.15) is 33.2 Å². The number of benzene rings is 2. The summed E-state index contributed by atoms with van der Waals surface area (Å²) in [5, 5.41) is 2.88. The fourth-order valence-electron chi connectivity index (χ4n) is 2.86. The van der Waals surface area contributed by atoms with Gasteiger partial charge in [-0.2, -0.15) is 0 Å². The van der Waals surface area contributed by atoms with Crippen LogP contribution in [0.3, 0.4) is 0 Å². The van der Waals surface area contributed by atoms with Crippen molar-refractivity contribution in [3.8, 4) is 11.5 Å². The maximum absolute atomic E-state index is 12.3. The molecule has 0 aromatic heterocycles. The van der Waals surface area contributed by atoms with Crippen LogP contribution < -0.4 is 14.8 Å². The van der Waals surface area contributed by atoms with Crippen molar-refractivity contribution in [1.29, 1.82) is 0 Å². The first-order valence-corrected chi connectivity index (χ1v) is 8.49. The third-order valence-electron chi connectivity index (χ3n) is 4.14. The lowest BCUT2D eigenvalue weighted by molar-refractivity contribution is 0.0600. The summed E-state index contributed by atoms with van der Waals surface area (Å²) >= 11 is 0. The van der Waals surface area contributed by atoms with Crippen molar-refractivity contribution in [2.24, 2.45) is 0 Å². The predicted molar refractivity (Wildman–Crippen MR) is 95.8 cm³/mol. The molecule has 0 aliphatic carbocycles. The molecule has 1 heterocycles. The second kappa shape index (κ2) is 7.91. The van der Waals surface area contributed by atoms with Gasteiger partial charge in [-0.1, -0.05) is 0 Å². The van der Waals surface area contributed by atoms with Crippen LogP contribution >= 0.6 is 0 Å². The molecule has 6 heteroatoms. The summed E-state index contributed by atoms with van der Waals surface area (Å²) in [4.78, 5) is 23.9. The Balaban J connectivity index is 1.55. The number of hydrogen-bond donors (Lipinski definition) is 1.